The van der Waals surface area contributed by atoms with Crippen molar-refractivity contribution < 1.29 is 19.4 Å². The summed E-state index contributed by atoms with van der Waals surface area (Å²) in [5.41, 5.74) is 1.02. The van der Waals surface area contributed by atoms with Crippen molar-refractivity contribution >= 4 is 29.4 Å². The van der Waals surface area contributed by atoms with Gasteiger partial charge in [-0.15, -0.1) is 0 Å². The molecule has 5 nitrogen and oxygen atoms in total. The Hall–Kier alpha value is -2.66. The van der Waals surface area contributed by atoms with Gasteiger partial charge in [-0.3, -0.25) is 4.79 Å². The molecule has 0 unspecified atom stereocenters. The predicted molar refractivity (Wildman–Crippen MR) is 82.2 cm³/mol. The van der Waals surface area contributed by atoms with Crippen LogP contribution in [0.25, 0.3) is 6.08 Å². The third-order valence-electron chi connectivity index (χ3n) is 2.68. The van der Waals surface area contributed by atoms with Crippen LogP contribution in [0.15, 0.2) is 48.7 Å². The topological polar surface area (TPSA) is 76.5 Å². The fourth-order valence-corrected chi connectivity index (χ4v) is 1.85. The summed E-state index contributed by atoms with van der Waals surface area (Å²) in [5.74, 6) is -1.01. The molecule has 1 aromatic carbocycles. The number of hydrogen-bond donors (Lipinski definition) is 1. The van der Waals surface area contributed by atoms with Crippen LogP contribution >= 0.6 is 11.6 Å². The van der Waals surface area contributed by atoms with Gasteiger partial charge in [0.05, 0.1) is 0 Å². The molecule has 22 heavy (non-hydrogen) atoms. The number of nitrogens with zero attached hydrogens (tertiary/aromatic N) is 1. The number of ketones is 1. The zero-order chi connectivity index (χ0) is 15.9. The van der Waals surface area contributed by atoms with Crippen LogP contribution in [0.3, 0.4) is 0 Å². The Balaban J connectivity index is 2.11. The van der Waals surface area contributed by atoms with Crippen molar-refractivity contribution in [2.24, 2.45) is 0 Å². The molecule has 0 aliphatic rings. The molecule has 0 saturated carbocycles. The van der Waals surface area contributed by atoms with Crippen molar-refractivity contribution in [3.8, 4) is 5.75 Å². The molecule has 0 amide bonds. The number of carbonyl (C=O) groups is 2. The van der Waals surface area contributed by atoms with Crippen molar-refractivity contribution in [1.29, 1.82) is 0 Å². The fraction of sp³-hybridized carbons (Fsp3) is 0.0625. The van der Waals surface area contributed by atoms with E-state index in [1.54, 1.807) is 42.6 Å². The predicted octanol–water partition coefficient (Wildman–Crippen LogP) is 3.09. The number of allylic oxidation sites excluding steroid dienone is 1. The van der Waals surface area contributed by atoms with E-state index in [1.807, 2.05) is 0 Å². The van der Waals surface area contributed by atoms with Crippen LogP contribution in [-0.4, -0.2) is 28.4 Å². The summed E-state index contributed by atoms with van der Waals surface area (Å²) in [7, 11) is 0. The number of carboxylic acids is 1. The van der Waals surface area contributed by atoms with Crippen molar-refractivity contribution in [3.05, 3.63) is 65.0 Å². The van der Waals surface area contributed by atoms with Crippen LogP contribution in [0.2, 0.25) is 5.15 Å². The van der Waals surface area contributed by atoms with Crippen LogP contribution in [-0.2, 0) is 4.79 Å². The monoisotopic (exact) mass is 317 g/mol. The van der Waals surface area contributed by atoms with Crippen LogP contribution < -0.4 is 4.74 Å². The molecule has 6 heteroatoms. The standard InChI is InChI=1S/C16H12ClNO4/c17-16-11(4-2-8-18-16)6-7-14(19)12-3-1-5-13(9-12)22-10-15(20)21/h1-9H,10H2,(H,20,21)/b7-6+. The second kappa shape index (κ2) is 7.38. The van der Waals surface area contributed by atoms with E-state index in [2.05, 4.69) is 4.98 Å². The van der Waals surface area contributed by atoms with Gasteiger partial charge in [0.2, 0.25) is 0 Å². The maximum atomic E-state index is 12.1. The van der Waals surface area contributed by atoms with Crippen LogP contribution in [0.1, 0.15) is 15.9 Å². The van der Waals surface area contributed by atoms with Gasteiger partial charge < -0.3 is 9.84 Å². The van der Waals surface area contributed by atoms with E-state index in [-0.39, 0.29) is 5.78 Å². The van der Waals surface area contributed by atoms with Crippen molar-refractivity contribution in [3.63, 3.8) is 0 Å². The third kappa shape index (κ3) is 4.43. The Morgan fingerprint density at radius 1 is 1.27 bits per heavy atom. The molecule has 0 spiro atoms. The van der Waals surface area contributed by atoms with Gasteiger partial charge in [-0.25, -0.2) is 9.78 Å². The molecule has 1 N–H and O–H groups in total. The molecule has 112 valence electrons. The van der Waals surface area contributed by atoms with Gasteiger partial charge in [-0.05, 0) is 30.4 Å². The molecule has 1 heterocycles. The van der Waals surface area contributed by atoms with Crippen LogP contribution in [0, 0.1) is 0 Å². The minimum absolute atomic E-state index is 0.249. The Bertz CT molecular complexity index is 728. The number of ether oxygens (including phenoxy) is 1. The van der Waals surface area contributed by atoms with E-state index < -0.39 is 12.6 Å². The summed E-state index contributed by atoms with van der Waals surface area (Å²) in [6.07, 6.45) is 4.51. The lowest BCUT2D eigenvalue weighted by molar-refractivity contribution is -0.139. The quantitative estimate of drug-likeness (QED) is 0.503. The SMILES string of the molecule is O=C(O)COc1cccc(C(=O)/C=C/c2cccnc2Cl)c1. The summed E-state index contributed by atoms with van der Waals surface area (Å²) in [5, 5.41) is 8.88. The number of hydrogen-bond acceptors (Lipinski definition) is 4. The number of carboxylic acid groups (broad SMARTS) is 1. The Morgan fingerprint density at radius 3 is 2.82 bits per heavy atom. The van der Waals surface area contributed by atoms with E-state index in [0.717, 1.165) is 0 Å². The van der Waals surface area contributed by atoms with E-state index in [9.17, 15) is 9.59 Å². The summed E-state index contributed by atoms with van der Waals surface area (Å²) >= 11 is 5.90. The number of benzene rings is 1. The van der Waals surface area contributed by atoms with Gasteiger partial charge in [0.25, 0.3) is 0 Å². The number of rotatable bonds is 6. The van der Waals surface area contributed by atoms with Crippen molar-refractivity contribution in [1.82, 2.24) is 4.98 Å². The number of carbonyl (C=O) groups excluding carboxylic acids is 1. The molecule has 0 aliphatic carbocycles. The van der Waals surface area contributed by atoms with Gasteiger partial charge in [0.15, 0.2) is 12.4 Å². The first-order valence-corrected chi connectivity index (χ1v) is 6.71. The zero-order valence-electron chi connectivity index (χ0n) is 11.4. The van der Waals surface area contributed by atoms with Gasteiger partial charge in [-0.1, -0.05) is 29.8 Å². The highest BCUT2D eigenvalue weighted by molar-refractivity contribution is 6.31. The summed E-state index contributed by atoms with van der Waals surface area (Å²) in [4.78, 5) is 26.5. The lowest BCUT2D eigenvalue weighted by atomic mass is 10.1. The van der Waals surface area contributed by atoms with Crippen LogP contribution in [0.4, 0.5) is 0 Å². The smallest absolute Gasteiger partial charge is 0.341 e. The molecule has 1 aromatic heterocycles. The lowest BCUT2D eigenvalue weighted by Gasteiger charge is -2.04. The maximum Gasteiger partial charge on any atom is 0.341 e. The van der Waals surface area contributed by atoms with E-state index in [0.29, 0.717) is 22.0 Å². The van der Waals surface area contributed by atoms with Crippen molar-refractivity contribution in [2.75, 3.05) is 6.61 Å². The van der Waals surface area contributed by atoms with Gasteiger partial charge in [0.1, 0.15) is 10.9 Å². The Labute approximate surface area is 131 Å². The van der Waals surface area contributed by atoms with Crippen LogP contribution in [0.5, 0.6) is 5.75 Å². The highest BCUT2D eigenvalue weighted by atomic mass is 35.5. The molecule has 0 saturated heterocycles. The molecule has 0 radical (unpaired) electrons. The highest BCUT2D eigenvalue weighted by Gasteiger charge is 2.05. The van der Waals surface area contributed by atoms with Gasteiger partial charge in [0, 0.05) is 17.3 Å². The normalized spacial score (nSPS) is 10.6. The first kappa shape index (κ1) is 15.7. The molecular formula is C16H12ClNO4. The molecule has 0 fully saturated rings. The number of aliphatic carboxylic acids is 1. The molecule has 0 atom stereocenters. The molecular weight excluding hydrogens is 306 g/mol. The summed E-state index contributed by atoms with van der Waals surface area (Å²) in [6, 6.07) is 9.77. The van der Waals surface area contributed by atoms with Gasteiger partial charge in [-0.2, -0.15) is 0 Å². The Kier molecular flexibility index (Phi) is 5.27. The first-order valence-electron chi connectivity index (χ1n) is 6.34. The minimum Gasteiger partial charge on any atom is -0.482 e. The minimum atomic E-state index is -1.08. The number of aromatic nitrogens is 1. The molecule has 2 rings (SSSR count). The van der Waals surface area contributed by atoms with E-state index in [1.165, 1.54) is 12.1 Å². The fourth-order valence-electron chi connectivity index (χ4n) is 1.67. The average Bonchev–Trinajstić information content (AvgIpc) is 2.52. The first-order chi connectivity index (χ1) is 10.6. The maximum absolute atomic E-state index is 12.1. The molecule has 2 aromatic rings. The summed E-state index contributed by atoms with van der Waals surface area (Å²) < 4.78 is 5.03. The van der Waals surface area contributed by atoms with Gasteiger partial charge >= 0.3 is 5.97 Å². The second-order valence-electron chi connectivity index (χ2n) is 4.29. The van der Waals surface area contributed by atoms with E-state index >= 15 is 0 Å². The second-order valence-corrected chi connectivity index (χ2v) is 4.65. The third-order valence-corrected chi connectivity index (χ3v) is 3.00. The molecule has 0 bridgehead atoms. The zero-order valence-corrected chi connectivity index (χ0v) is 12.2. The van der Waals surface area contributed by atoms with E-state index in [4.69, 9.17) is 21.4 Å². The number of halogens is 1. The Morgan fingerprint density at radius 2 is 2.09 bits per heavy atom. The van der Waals surface area contributed by atoms with Crippen molar-refractivity contribution in [2.45, 2.75) is 0 Å². The highest BCUT2D eigenvalue weighted by Crippen LogP contribution is 2.16. The molecule has 0 aliphatic heterocycles. The average molecular weight is 318 g/mol. The summed E-state index contributed by atoms with van der Waals surface area (Å²) in [6.45, 7) is -0.460. The number of pyridine rings is 1. The largest absolute Gasteiger partial charge is 0.482 e. The lowest BCUT2D eigenvalue weighted by Crippen LogP contribution is -2.09.